The third-order valence-corrected chi connectivity index (χ3v) is 13.7. The predicted octanol–water partition coefficient (Wildman–Crippen LogP) is 5.47. The third-order valence-electron chi connectivity index (χ3n) is 5.15. The van der Waals surface area contributed by atoms with Gasteiger partial charge in [0.05, 0.1) is 0 Å². The van der Waals surface area contributed by atoms with Crippen LogP contribution in [0.1, 0.15) is 22.3 Å². The van der Waals surface area contributed by atoms with Crippen molar-refractivity contribution in [1.29, 1.82) is 0 Å². The summed E-state index contributed by atoms with van der Waals surface area (Å²) in [5.41, 5.74) is 6.06. The number of fused-ring (bicyclic) bond motifs is 3. The molecule has 0 radical (unpaired) electrons. The quantitative estimate of drug-likeness (QED) is 0.639. The first-order valence-corrected chi connectivity index (χ1v) is 14.2. The molecule has 0 spiro atoms. The molecular weight excluding hydrogens is 313 g/mol. The van der Waals surface area contributed by atoms with E-state index in [9.17, 15) is 0 Å². The normalized spacial score (nSPS) is 16.8. The number of benzene rings is 2. The van der Waals surface area contributed by atoms with Gasteiger partial charge >= 0.3 is 129 Å². The van der Waals surface area contributed by atoms with Crippen LogP contribution >= 0.6 is 0 Å². The average Bonchev–Trinajstić information content (AvgIpc) is 3.14. The van der Waals surface area contributed by atoms with Crippen LogP contribution in [0.4, 0.5) is 0 Å². The van der Waals surface area contributed by atoms with Gasteiger partial charge in [0, 0.05) is 0 Å². The molecular formula is C20H20Ge. The molecule has 0 fully saturated rings. The van der Waals surface area contributed by atoms with E-state index in [0.29, 0.717) is 4.75 Å². The first kappa shape index (κ1) is 13.1. The Morgan fingerprint density at radius 2 is 1.43 bits per heavy atom. The van der Waals surface area contributed by atoms with Crippen molar-refractivity contribution >= 4 is 13.3 Å². The van der Waals surface area contributed by atoms with E-state index in [1.54, 1.807) is 15.5 Å². The van der Waals surface area contributed by atoms with Crippen LogP contribution in [0, 0.1) is 0 Å². The molecule has 104 valence electrons. The Balaban J connectivity index is 1.93. The molecule has 0 saturated heterocycles. The van der Waals surface area contributed by atoms with Gasteiger partial charge in [0.25, 0.3) is 0 Å². The van der Waals surface area contributed by atoms with Crippen LogP contribution in [0.2, 0.25) is 11.5 Å². The first-order chi connectivity index (χ1) is 10.2. The standard InChI is InChI=1S/C20H20Ge/c1-21(2,15-9-3-4-10-15)20-18-13-7-5-11-16(18)17-12-6-8-14-19(17)20/h3-9,11-14,20H,10H2,1-2H3. The van der Waals surface area contributed by atoms with Crippen LogP contribution in [-0.4, -0.2) is 13.3 Å². The van der Waals surface area contributed by atoms with Crippen molar-refractivity contribution in [1.82, 2.24) is 0 Å². The molecule has 2 aliphatic rings. The maximum atomic E-state index is 2.59. The van der Waals surface area contributed by atoms with Crippen molar-refractivity contribution in [3.05, 3.63) is 82.3 Å². The van der Waals surface area contributed by atoms with Gasteiger partial charge in [-0.1, -0.05) is 0 Å². The molecule has 0 heterocycles. The fourth-order valence-corrected chi connectivity index (χ4v) is 11.6. The molecule has 0 bridgehead atoms. The molecule has 2 aliphatic carbocycles. The fourth-order valence-electron chi connectivity index (χ4n) is 4.04. The van der Waals surface area contributed by atoms with E-state index in [0.717, 1.165) is 0 Å². The SMILES string of the molecule is [CH3][Ge]([CH3])([C]1=CC=CC1)[CH]1c2ccccc2-c2ccccc21. The third kappa shape index (κ3) is 1.89. The summed E-state index contributed by atoms with van der Waals surface area (Å²) in [6.45, 7) is 0. The van der Waals surface area contributed by atoms with Crippen LogP contribution in [0.3, 0.4) is 0 Å². The van der Waals surface area contributed by atoms with E-state index in [1.807, 2.05) is 0 Å². The summed E-state index contributed by atoms with van der Waals surface area (Å²) in [6.07, 6.45) is 8.13. The van der Waals surface area contributed by atoms with E-state index < -0.39 is 13.3 Å². The summed E-state index contributed by atoms with van der Waals surface area (Å²) in [7, 11) is 0. The van der Waals surface area contributed by atoms with Crippen LogP contribution in [-0.2, 0) is 0 Å². The number of hydrogen-bond donors (Lipinski definition) is 0. The molecule has 0 amide bonds. The zero-order chi connectivity index (χ0) is 14.4. The van der Waals surface area contributed by atoms with Gasteiger partial charge in [0.1, 0.15) is 0 Å². The Morgan fingerprint density at radius 3 is 1.95 bits per heavy atom. The molecule has 0 aliphatic heterocycles. The topological polar surface area (TPSA) is 0 Å². The van der Waals surface area contributed by atoms with E-state index in [4.69, 9.17) is 0 Å². The van der Waals surface area contributed by atoms with Gasteiger partial charge in [0.2, 0.25) is 0 Å². The summed E-state index contributed by atoms with van der Waals surface area (Å²) >= 11 is -2.13. The van der Waals surface area contributed by atoms with Crippen molar-refractivity contribution < 1.29 is 0 Å². The number of allylic oxidation sites excluding steroid dienone is 4. The second kappa shape index (κ2) is 4.74. The Kier molecular flexibility index (Phi) is 2.97. The minimum absolute atomic E-state index is 0.642. The minimum atomic E-state index is -2.13. The van der Waals surface area contributed by atoms with Gasteiger partial charge < -0.3 is 0 Å². The molecule has 0 atom stereocenters. The molecule has 0 aromatic heterocycles. The van der Waals surface area contributed by atoms with E-state index in [1.165, 1.54) is 17.5 Å². The van der Waals surface area contributed by atoms with Crippen molar-refractivity contribution in [2.24, 2.45) is 0 Å². The van der Waals surface area contributed by atoms with Crippen molar-refractivity contribution in [3.8, 4) is 11.1 Å². The summed E-state index contributed by atoms with van der Waals surface area (Å²) in [6, 6.07) is 18.1. The zero-order valence-corrected chi connectivity index (χ0v) is 14.7. The second-order valence-corrected chi connectivity index (χ2v) is 16.4. The summed E-state index contributed by atoms with van der Waals surface area (Å²) in [5, 5.41) is 0. The molecule has 21 heavy (non-hydrogen) atoms. The fraction of sp³-hybridized carbons (Fsp3) is 0.200. The van der Waals surface area contributed by atoms with Gasteiger partial charge in [-0.3, -0.25) is 0 Å². The molecule has 0 unspecified atom stereocenters. The Morgan fingerprint density at radius 1 is 0.857 bits per heavy atom. The monoisotopic (exact) mass is 334 g/mol. The molecule has 0 N–H and O–H groups in total. The Bertz CT molecular complexity index is 719. The van der Waals surface area contributed by atoms with Crippen LogP contribution in [0.15, 0.2) is 71.2 Å². The number of hydrogen-bond acceptors (Lipinski definition) is 0. The Labute approximate surface area is 129 Å². The molecule has 4 rings (SSSR count). The van der Waals surface area contributed by atoms with Gasteiger partial charge in [-0.05, 0) is 0 Å². The summed E-state index contributed by atoms with van der Waals surface area (Å²) in [5.74, 6) is 5.17. The molecule has 1 heteroatoms. The molecule has 0 nitrogen and oxygen atoms in total. The second-order valence-electron chi connectivity index (χ2n) is 6.65. The van der Waals surface area contributed by atoms with Gasteiger partial charge in [-0.15, -0.1) is 0 Å². The van der Waals surface area contributed by atoms with Crippen molar-refractivity contribution in [2.75, 3.05) is 0 Å². The Hall–Kier alpha value is -1.54. The van der Waals surface area contributed by atoms with Crippen LogP contribution in [0.25, 0.3) is 11.1 Å². The molecule has 0 saturated carbocycles. The van der Waals surface area contributed by atoms with Crippen molar-refractivity contribution in [2.45, 2.75) is 22.7 Å². The van der Waals surface area contributed by atoms with E-state index in [-0.39, 0.29) is 0 Å². The maximum absolute atomic E-state index is 2.59. The first-order valence-electron chi connectivity index (χ1n) is 7.74. The summed E-state index contributed by atoms with van der Waals surface area (Å²) < 4.78 is 2.37. The predicted molar refractivity (Wildman–Crippen MR) is 93.0 cm³/mol. The van der Waals surface area contributed by atoms with Gasteiger partial charge in [0.15, 0.2) is 0 Å². The van der Waals surface area contributed by atoms with Crippen LogP contribution < -0.4 is 0 Å². The van der Waals surface area contributed by atoms with Gasteiger partial charge in [-0.2, -0.15) is 0 Å². The average molecular weight is 333 g/mol. The van der Waals surface area contributed by atoms with Crippen molar-refractivity contribution in [3.63, 3.8) is 0 Å². The van der Waals surface area contributed by atoms with Gasteiger partial charge in [-0.25, -0.2) is 0 Å². The zero-order valence-electron chi connectivity index (χ0n) is 12.6. The van der Waals surface area contributed by atoms with E-state index in [2.05, 4.69) is 78.3 Å². The number of rotatable bonds is 2. The van der Waals surface area contributed by atoms with E-state index >= 15 is 0 Å². The summed E-state index contributed by atoms with van der Waals surface area (Å²) in [4.78, 5) is 0. The van der Waals surface area contributed by atoms with Crippen LogP contribution in [0.5, 0.6) is 0 Å². The molecule has 2 aromatic rings. The molecule has 2 aromatic carbocycles.